The number of carbonyl (C=O) groups is 2. The van der Waals surface area contributed by atoms with Crippen LogP contribution in [0.4, 0.5) is 0 Å². The molecule has 116 valence electrons. The fourth-order valence-corrected chi connectivity index (χ4v) is 2.91. The Balaban J connectivity index is 2.37. The zero-order valence-electron chi connectivity index (χ0n) is 13.0. The molecule has 0 radical (unpaired) electrons. The molecule has 1 aliphatic rings. The number of carboxylic acid groups (broad SMARTS) is 1. The lowest BCUT2D eigenvalue weighted by molar-refractivity contribution is -0.147. The smallest absolute Gasteiger partial charge is 0.306 e. The van der Waals surface area contributed by atoms with E-state index >= 15 is 0 Å². The van der Waals surface area contributed by atoms with Crippen LogP contribution in [0.1, 0.15) is 53.4 Å². The Bertz CT molecular complexity index is 325. The maximum absolute atomic E-state index is 12.1. The lowest BCUT2D eigenvalue weighted by Crippen LogP contribution is -2.44. The predicted molar refractivity (Wildman–Crippen MR) is 76.5 cm³/mol. The number of ether oxygens (including phenoxy) is 1. The molecule has 0 bridgehead atoms. The largest absolute Gasteiger partial charge is 0.481 e. The van der Waals surface area contributed by atoms with Gasteiger partial charge in [0, 0.05) is 12.1 Å². The molecule has 0 aromatic carbocycles. The maximum atomic E-state index is 12.1. The Morgan fingerprint density at radius 1 is 1.10 bits per heavy atom. The average Bonchev–Trinajstić information content (AvgIpc) is 2.36. The van der Waals surface area contributed by atoms with E-state index in [-0.39, 0.29) is 36.6 Å². The molecule has 1 fully saturated rings. The second-order valence-corrected chi connectivity index (χ2v) is 6.11. The van der Waals surface area contributed by atoms with Gasteiger partial charge in [-0.3, -0.25) is 9.59 Å². The van der Waals surface area contributed by atoms with Gasteiger partial charge in [-0.25, -0.2) is 0 Å². The molecule has 0 heterocycles. The van der Waals surface area contributed by atoms with Crippen LogP contribution in [0.2, 0.25) is 0 Å². The van der Waals surface area contributed by atoms with E-state index in [1.54, 1.807) is 0 Å². The fraction of sp³-hybridized carbons (Fsp3) is 0.867. The Labute approximate surface area is 121 Å². The summed E-state index contributed by atoms with van der Waals surface area (Å²) in [6.07, 6.45) is 2.77. The van der Waals surface area contributed by atoms with Crippen LogP contribution >= 0.6 is 0 Å². The van der Waals surface area contributed by atoms with E-state index in [1.165, 1.54) is 0 Å². The molecule has 1 rings (SSSR count). The zero-order valence-corrected chi connectivity index (χ0v) is 13.0. The first-order chi connectivity index (χ1) is 9.32. The summed E-state index contributed by atoms with van der Waals surface area (Å²) < 4.78 is 5.67. The normalized spacial score (nSPS) is 23.1. The van der Waals surface area contributed by atoms with Crippen LogP contribution in [-0.2, 0) is 14.3 Å². The van der Waals surface area contributed by atoms with Crippen LogP contribution in [0, 0.1) is 5.92 Å². The van der Waals surface area contributed by atoms with Crippen molar-refractivity contribution in [2.45, 2.75) is 71.6 Å². The lowest BCUT2D eigenvalue weighted by Gasteiger charge is -2.32. The van der Waals surface area contributed by atoms with Crippen molar-refractivity contribution in [2.75, 3.05) is 6.61 Å². The number of hydrogen-bond donors (Lipinski definition) is 1. The van der Waals surface area contributed by atoms with Crippen molar-refractivity contribution in [1.29, 1.82) is 0 Å². The number of aliphatic carboxylic acids is 1. The first kappa shape index (κ1) is 17.0. The summed E-state index contributed by atoms with van der Waals surface area (Å²) in [5, 5.41) is 8.94. The average molecular weight is 285 g/mol. The minimum absolute atomic E-state index is 0.00959. The van der Waals surface area contributed by atoms with Crippen LogP contribution in [0.25, 0.3) is 0 Å². The van der Waals surface area contributed by atoms with Gasteiger partial charge < -0.3 is 14.7 Å². The third-order valence-corrected chi connectivity index (χ3v) is 3.87. The van der Waals surface area contributed by atoms with Crippen LogP contribution < -0.4 is 0 Å². The molecular formula is C15H27NO4. The summed E-state index contributed by atoms with van der Waals surface area (Å²) in [5.41, 5.74) is 0. The highest BCUT2D eigenvalue weighted by atomic mass is 16.5. The highest BCUT2D eigenvalue weighted by molar-refractivity contribution is 5.78. The number of rotatable bonds is 6. The molecule has 5 heteroatoms. The molecule has 0 atom stereocenters. The molecule has 1 amide bonds. The molecule has 5 nitrogen and oxygen atoms in total. The van der Waals surface area contributed by atoms with E-state index in [2.05, 4.69) is 0 Å². The number of hydrogen-bond acceptors (Lipinski definition) is 3. The van der Waals surface area contributed by atoms with Gasteiger partial charge in [0.05, 0.1) is 12.0 Å². The number of carbonyl (C=O) groups excluding carboxylic acids is 1. The van der Waals surface area contributed by atoms with Gasteiger partial charge in [0.15, 0.2) is 0 Å². The second-order valence-electron chi connectivity index (χ2n) is 6.11. The number of amides is 1. The first-order valence-electron chi connectivity index (χ1n) is 7.48. The third kappa shape index (κ3) is 4.78. The summed E-state index contributed by atoms with van der Waals surface area (Å²) in [6, 6.07) is 0.322. The standard InChI is InChI=1S/C15H27NO4/c1-10(2)16(11(3)4)14(17)9-20-13-7-5-12(6-8-13)15(18)19/h10-13H,5-9H2,1-4H3,(H,18,19). The van der Waals surface area contributed by atoms with Gasteiger partial charge in [-0.1, -0.05) is 0 Å². The molecular weight excluding hydrogens is 258 g/mol. The molecule has 1 saturated carbocycles. The minimum atomic E-state index is -0.717. The molecule has 0 saturated heterocycles. The summed E-state index contributed by atoms with van der Waals surface area (Å²) in [4.78, 5) is 24.8. The summed E-state index contributed by atoms with van der Waals surface area (Å²) in [6.45, 7) is 8.08. The van der Waals surface area contributed by atoms with Crippen LogP contribution in [0.3, 0.4) is 0 Å². The van der Waals surface area contributed by atoms with Crippen molar-refractivity contribution in [3.8, 4) is 0 Å². The van der Waals surface area contributed by atoms with E-state index < -0.39 is 5.97 Å². The topological polar surface area (TPSA) is 66.8 Å². The van der Waals surface area contributed by atoms with E-state index in [1.807, 2.05) is 32.6 Å². The Morgan fingerprint density at radius 2 is 1.60 bits per heavy atom. The van der Waals surface area contributed by atoms with E-state index in [0.29, 0.717) is 12.8 Å². The SMILES string of the molecule is CC(C)N(C(=O)COC1CCC(C(=O)O)CC1)C(C)C. The lowest BCUT2D eigenvalue weighted by atomic mass is 9.87. The van der Waals surface area contributed by atoms with Gasteiger partial charge in [-0.2, -0.15) is 0 Å². The quantitative estimate of drug-likeness (QED) is 0.813. The van der Waals surface area contributed by atoms with Gasteiger partial charge in [-0.15, -0.1) is 0 Å². The first-order valence-corrected chi connectivity index (χ1v) is 7.48. The minimum Gasteiger partial charge on any atom is -0.481 e. The van der Waals surface area contributed by atoms with Gasteiger partial charge in [-0.05, 0) is 53.4 Å². The third-order valence-electron chi connectivity index (χ3n) is 3.87. The number of carboxylic acids is 1. The van der Waals surface area contributed by atoms with Crippen LogP contribution in [0.5, 0.6) is 0 Å². The molecule has 0 aliphatic heterocycles. The highest BCUT2D eigenvalue weighted by Gasteiger charge is 2.27. The van der Waals surface area contributed by atoms with Crippen molar-refractivity contribution in [3.05, 3.63) is 0 Å². The van der Waals surface area contributed by atoms with E-state index in [0.717, 1.165) is 12.8 Å². The van der Waals surface area contributed by atoms with Gasteiger partial charge in [0.1, 0.15) is 6.61 Å². The monoisotopic (exact) mass is 285 g/mol. The Hall–Kier alpha value is -1.10. The Morgan fingerprint density at radius 3 is 2.00 bits per heavy atom. The summed E-state index contributed by atoms with van der Waals surface area (Å²) in [7, 11) is 0. The van der Waals surface area contributed by atoms with Gasteiger partial charge in [0.2, 0.25) is 5.91 Å². The molecule has 1 aliphatic carbocycles. The molecule has 0 spiro atoms. The molecule has 0 aromatic rings. The molecule has 1 N–H and O–H groups in total. The Kier molecular flexibility index (Phi) is 6.46. The second kappa shape index (κ2) is 7.62. The van der Waals surface area contributed by atoms with Crippen LogP contribution in [0.15, 0.2) is 0 Å². The van der Waals surface area contributed by atoms with Gasteiger partial charge >= 0.3 is 5.97 Å². The summed E-state index contributed by atoms with van der Waals surface area (Å²) in [5.74, 6) is -0.950. The highest BCUT2D eigenvalue weighted by Crippen LogP contribution is 2.26. The van der Waals surface area contributed by atoms with E-state index in [4.69, 9.17) is 9.84 Å². The fourth-order valence-electron chi connectivity index (χ4n) is 2.91. The van der Waals surface area contributed by atoms with Crippen molar-refractivity contribution in [3.63, 3.8) is 0 Å². The number of nitrogens with zero attached hydrogens (tertiary/aromatic N) is 1. The zero-order chi connectivity index (χ0) is 15.3. The summed E-state index contributed by atoms with van der Waals surface area (Å²) >= 11 is 0. The van der Waals surface area contributed by atoms with Crippen molar-refractivity contribution < 1.29 is 19.4 Å². The maximum Gasteiger partial charge on any atom is 0.306 e. The molecule has 20 heavy (non-hydrogen) atoms. The molecule has 0 unspecified atom stereocenters. The van der Waals surface area contributed by atoms with Gasteiger partial charge in [0.25, 0.3) is 0 Å². The molecule has 0 aromatic heterocycles. The van der Waals surface area contributed by atoms with Crippen molar-refractivity contribution in [2.24, 2.45) is 5.92 Å². The van der Waals surface area contributed by atoms with E-state index in [9.17, 15) is 9.59 Å². The predicted octanol–water partition coefficient (Wildman–Crippen LogP) is 2.29. The van der Waals surface area contributed by atoms with Crippen LogP contribution in [-0.4, -0.2) is 46.7 Å². The van der Waals surface area contributed by atoms with Crippen molar-refractivity contribution >= 4 is 11.9 Å². The van der Waals surface area contributed by atoms with Crippen molar-refractivity contribution in [1.82, 2.24) is 4.90 Å².